The average Bonchev–Trinajstić information content (AvgIpc) is 2.35. The smallest absolute Gasteiger partial charge is 0.123 e. The fraction of sp³-hybridized carbons (Fsp3) is 0.538. The fourth-order valence-corrected chi connectivity index (χ4v) is 1.87. The van der Waals surface area contributed by atoms with Gasteiger partial charge in [0.25, 0.3) is 0 Å². The molecule has 0 aliphatic heterocycles. The van der Waals surface area contributed by atoms with Gasteiger partial charge < -0.3 is 9.47 Å². The van der Waals surface area contributed by atoms with Crippen molar-refractivity contribution in [1.82, 2.24) is 5.43 Å². The van der Waals surface area contributed by atoms with E-state index in [1.165, 1.54) is 5.56 Å². The largest absolute Gasteiger partial charge is 0.496 e. The number of hydrazine groups is 1. The molecule has 1 aromatic rings. The minimum atomic E-state index is 0.0979. The van der Waals surface area contributed by atoms with Gasteiger partial charge in [0.05, 0.1) is 7.11 Å². The lowest BCUT2D eigenvalue weighted by atomic mass is 10.0. The summed E-state index contributed by atoms with van der Waals surface area (Å²) < 4.78 is 10.4. The van der Waals surface area contributed by atoms with Gasteiger partial charge in [-0.15, -0.1) is 0 Å². The average molecular weight is 238 g/mol. The number of nitrogens with one attached hydrogen (secondary N) is 1. The molecule has 0 saturated carbocycles. The fourth-order valence-electron chi connectivity index (χ4n) is 1.87. The summed E-state index contributed by atoms with van der Waals surface area (Å²) >= 11 is 0. The lowest BCUT2D eigenvalue weighted by molar-refractivity contribution is 0.188. The van der Waals surface area contributed by atoms with Crippen molar-refractivity contribution in [3.05, 3.63) is 29.3 Å². The molecule has 0 heterocycles. The van der Waals surface area contributed by atoms with Gasteiger partial charge in [-0.2, -0.15) is 0 Å². The van der Waals surface area contributed by atoms with Gasteiger partial charge in [-0.1, -0.05) is 12.1 Å². The van der Waals surface area contributed by atoms with Gasteiger partial charge in [0.15, 0.2) is 0 Å². The monoisotopic (exact) mass is 238 g/mol. The van der Waals surface area contributed by atoms with Crippen LogP contribution in [0.5, 0.6) is 5.75 Å². The lowest BCUT2D eigenvalue weighted by Crippen LogP contribution is -2.28. The molecule has 0 fully saturated rings. The molecule has 4 heteroatoms. The minimum Gasteiger partial charge on any atom is -0.496 e. The molecule has 0 aliphatic carbocycles. The van der Waals surface area contributed by atoms with E-state index >= 15 is 0 Å². The second kappa shape index (κ2) is 7.27. The molecule has 0 aromatic heterocycles. The van der Waals surface area contributed by atoms with E-state index in [0.717, 1.165) is 30.8 Å². The predicted molar refractivity (Wildman–Crippen MR) is 68.9 cm³/mol. The third kappa shape index (κ3) is 4.00. The first-order valence-corrected chi connectivity index (χ1v) is 5.82. The molecule has 1 rings (SSSR count). The maximum Gasteiger partial charge on any atom is 0.123 e. The highest BCUT2D eigenvalue weighted by Gasteiger charge is 2.14. The van der Waals surface area contributed by atoms with Crippen LogP contribution in [-0.2, 0) is 4.74 Å². The SMILES string of the molecule is COCCCC(NN)c1ccc(C)cc1OC. The van der Waals surface area contributed by atoms with Gasteiger partial charge in [-0.3, -0.25) is 11.3 Å². The third-order valence-corrected chi connectivity index (χ3v) is 2.81. The van der Waals surface area contributed by atoms with E-state index in [4.69, 9.17) is 15.3 Å². The molecular formula is C13H22N2O2. The highest BCUT2D eigenvalue weighted by atomic mass is 16.5. The first-order valence-electron chi connectivity index (χ1n) is 5.82. The highest BCUT2D eigenvalue weighted by Crippen LogP contribution is 2.28. The second-order valence-electron chi connectivity index (χ2n) is 4.10. The van der Waals surface area contributed by atoms with E-state index in [1.807, 2.05) is 13.0 Å². The number of rotatable bonds is 7. The summed E-state index contributed by atoms with van der Waals surface area (Å²) in [6, 6.07) is 6.25. The summed E-state index contributed by atoms with van der Waals surface area (Å²) in [5, 5.41) is 0. The molecule has 1 atom stereocenters. The summed E-state index contributed by atoms with van der Waals surface area (Å²) in [5.41, 5.74) is 5.11. The normalized spacial score (nSPS) is 12.5. The molecule has 0 bridgehead atoms. The van der Waals surface area contributed by atoms with E-state index in [2.05, 4.69) is 17.6 Å². The quantitative estimate of drug-likeness (QED) is 0.433. The van der Waals surface area contributed by atoms with Crippen molar-refractivity contribution < 1.29 is 9.47 Å². The third-order valence-electron chi connectivity index (χ3n) is 2.81. The molecule has 0 amide bonds. The summed E-state index contributed by atoms with van der Waals surface area (Å²) in [6.45, 7) is 2.79. The van der Waals surface area contributed by atoms with Crippen LogP contribution in [0.15, 0.2) is 18.2 Å². The minimum absolute atomic E-state index is 0.0979. The van der Waals surface area contributed by atoms with Gasteiger partial charge in [0.2, 0.25) is 0 Å². The number of nitrogens with two attached hydrogens (primary N) is 1. The molecule has 1 unspecified atom stereocenters. The van der Waals surface area contributed by atoms with Gasteiger partial charge in [-0.05, 0) is 31.4 Å². The first kappa shape index (κ1) is 14.0. The molecule has 1 aromatic carbocycles. The van der Waals surface area contributed by atoms with Crippen molar-refractivity contribution in [3.8, 4) is 5.75 Å². The number of ether oxygens (including phenoxy) is 2. The number of methoxy groups -OCH3 is 2. The van der Waals surface area contributed by atoms with Crippen LogP contribution in [0, 0.1) is 6.92 Å². The number of hydrogen-bond acceptors (Lipinski definition) is 4. The van der Waals surface area contributed by atoms with E-state index in [9.17, 15) is 0 Å². The van der Waals surface area contributed by atoms with E-state index in [1.54, 1.807) is 14.2 Å². The van der Waals surface area contributed by atoms with Crippen molar-refractivity contribution in [2.45, 2.75) is 25.8 Å². The molecule has 17 heavy (non-hydrogen) atoms. The Morgan fingerprint density at radius 2 is 2.12 bits per heavy atom. The van der Waals surface area contributed by atoms with Crippen LogP contribution in [-0.4, -0.2) is 20.8 Å². The van der Waals surface area contributed by atoms with Crippen LogP contribution in [0.2, 0.25) is 0 Å². The molecule has 3 N–H and O–H groups in total. The second-order valence-corrected chi connectivity index (χ2v) is 4.10. The number of benzene rings is 1. The van der Waals surface area contributed by atoms with Crippen molar-refractivity contribution in [2.75, 3.05) is 20.8 Å². The Morgan fingerprint density at radius 3 is 2.71 bits per heavy atom. The Bertz CT molecular complexity index is 342. The zero-order valence-corrected chi connectivity index (χ0v) is 10.8. The maximum absolute atomic E-state index is 5.60. The van der Waals surface area contributed by atoms with Crippen LogP contribution in [0.4, 0.5) is 0 Å². The Hall–Kier alpha value is -1.10. The van der Waals surface area contributed by atoms with Gasteiger partial charge in [0, 0.05) is 25.3 Å². The van der Waals surface area contributed by atoms with Crippen LogP contribution in [0.1, 0.15) is 30.0 Å². The van der Waals surface area contributed by atoms with Crippen LogP contribution < -0.4 is 16.0 Å². The topological polar surface area (TPSA) is 56.5 Å². The molecule has 96 valence electrons. The summed E-state index contributed by atoms with van der Waals surface area (Å²) in [7, 11) is 3.39. The summed E-state index contributed by atoms with van der Waals surface area (Å²) in [4.78, 5) is 0. The van der Waals surface area contributed by atoms with Crippen LogP contribution in [0.3, 0.4) is 0 Å². The first-order chi connectivity index (χ1) is 8.22. The Labute approximate surface area is 103 Å². The van der Waals surface area contributed by atoms with Crippen molar-refractivity contribution in [1.29, 1.82) is 0 Å². The maximum atomic E-state index is 5.60. The Kier molecular flexibility index (Phi) is 5.97. The predicted octanol–water partition coefficient (Wildman–Crippen LogP) is 1.93. The zero-order valence-electron chi connectivity index (χ0n) is 10.8. The van der Waals surface area contributed by atoms with Gasteiger partial charge in [0.1, 0.15) is 5.75 Å². The Balaban J connectivity index is 2.79. The van der Waals surface area contributed by atoms with Gasteiger partial charge in [-0.25, -0.2) is 0 Å². The molecule has 0 radical (unpaired) electrons. The molecular weight excluding hydrogens is 216 g/mol. The molecule has 0 spiro atoms. The van der Waals surface area contributed by atoms with E-state index < -0.39 is 0 Å². The standard InChI is InChI=1S/C13H22N2O2/c1-10-6-7-11(13(9-10)17-3)12(15-14)5-4-8-16-2/h6-7,9,12,15H,4-5,8,14H2,1-3H3. The van der Waals surface area contributed by atoms with Crippen molar-refractivity contribution in [2.24, 2.45) is 5.84 Å². The van der Waals surface area contributed by atoms with Gasteiger partial charge >= 0.3 is 0 Å². The molecule has 0 saturated heterocycles. The van der Waals surface area contributed by atoms with Crippen LogP contribution >= 0.6 is 0 Å². The summed E-state index contributed by atoms with van der Waals surface area (Å²) in [6.07, 6.45) is 1.88. The van der Waals surface area contributed by atoms with E-state index in [0.29, 0.717) is 0 Å². The molecule has 4 nitrogen and oxygen atoms in total. The van der Waals surface area contributed by atoms with Crippen molar-refractivity contribution >= 4 is 0 Å². The number of aryl methyl sites for hydroxylation is 1. The number of hydrogen-bond donors (Lipinski definition) is 2. The van der Waals surface area contributed by atoms with Crippen molar-refractivity contribution in [3.63, 3.8) is 0 Å². The zero-order chi connectivity index (χ0) is 12.7. The molecule has 0 aliphatic rings. The van der Waals surface area contributed by atoms with E-state index in [-0.39, 0.29) is 6.04 Å². The highest BCUT2D eigenvalue weighted by molar-refractivity contribution is 5.39. The lowest BCUT2D eigenvalue weighted by Gasteiger charge is -2.19. The Morgan fingerprint density at radius 1 is 1.35 bits per heavy atom. The van der Waals surface area contributed by atoms with Crippen LogP contribution in [0.25, 0.3) is 0 Å². The summed E-state index contributed by atoms with van der Waals surface area (Å²) in [5.74, 6) is 6.48.